The van der Waals surface area contributed by atoms with Crippen molar-refractivity contribution in [3.63, 3.8) is 0 Å². The molecular formula is C29H30Cl2FN3O3. The van der Waals surface area contributed by atoms with Crippen LogP contribution in [0.4, 0.5) is 10.1 Å². The minimum atomic E-state index is -0.365. The minimum Gasteiger partial charge on any atom is -0.396 e. The number of rotatable bonds is 9. The standard InChI is InChI=1S/C29H30Cl2FN3O3/c30-22-6-1-18(2-7-22)11-24(33)14-29(38)35-15-21(17-36)25(16-35)20-5-10-26(31)27(13-20)34-28(37)12-19-3-8-23(32)9-4-19/h1-10,13,21,24-25,36H,11-12,14-17,33H2,(H,34,37)/t21-,24-,25-/m1/s1. The topological polar surface area (TPSA) is 95.7 Å². The molecule has 9 heteroatoms. The highest BCUT2D eigenvalue weighted by molar-refractivity contribution is 6.33. The van der Waals surface area contributed by atoms with E-state index in [0.717, 1.165) is 11.1 Å². The quantitative estimate of drug-likeness (QED) is 0.352. The summed E-state index contributed by atoms with van der Waals surface area (Å²) in [5, 5.41) is 13.9. The minimum absolute atomic E-state index is 0.0609. The van der Waals surface area contributed by atoms with Crippen molar-refractivity contribution in [2.75, 3.05) is 25.0 Å². The number of benzene rings is 3. The van der Waals surface area contributed by atoms with Crippen LogP contribution in [0.15, 0.2) is 66.7 Å². The summed E-state index contributed by atoms with van der Waals surface area (Å²) in [5.74, 6) is -0.991. The van der Waals surface area contributed by atoms with Gasteiger partial charge in [-0.3, -0.25) is 9.59 Å². The maximum atomic E-state index is 13.1. The van der Waals surface area contributed by atoms with Gasteiger partial charge >= 0.3 is 0 Å². The molecule has 3 aromatic carbocycles. The molecule has 4 rings (SSSR count). The Morgan fingerprint density at radius 3 is 2.39 bits per heavy atom. The monoisotopic (exact) mass is 557 g/mol. The number of aliphatic hydroxyl groups is 1. The molecule has 0 aromatic heterocycles. The number of likely N-dealkylation sites (tertiary alicyclic amines) is 1. The number of amides is 2. The number of hydrogen-bond donors (Lipinski definition) is 3. The van der Waals surface area contributed by atoms with Crippen molar-refractivity contribution < 1.29 is 19.1 Å². The van der Waals surface area contributed by atoms with Gasteiger partial charge < -0.3 is 21.1 Å². The zero-order valence-corrected chi connectivity index (χ0v) is 22.3. The smallest absolute Gasteiger partial charge is 0.228 e. The normalized spacial score (nSPS) is 17.9. The number of aliphatic hydroxyl groups excluding tert-OH is 1. The average Bonchev–Trinajstić information content (AvgIpc) is 3.33. The maximum Gasteiger partial charge on any atom is 0.228 e. The number of nitrogens with zero attached hydrogens (tertiary/aromatic N) is 1. The van der Waals surface area contributed by atoms with E-state index in [-0.39, 0.29) is 55.0 Å². The van der Waals surface area contributed by atoms with Gasteiger partial charge in [-0.05, 0) is 59.5 Å². The van der Waals surface area contributed by atoms with Crippen molar-refractivity contribution in [1.82, 2.24) is 4.90 Å². The Bertz CT molecular complexity index is 1270. The van der Waals surface area contributed by atoms with Crippen molar-refractivity contribution in [1.29, 1.82) is 0 Å². The number of carbonyl (C=O) groups excluding carboxylic acids is 2. The Hall–Kier alpha value is -2.97. The summed E-state index contributed by atoms with van der Waals surface area (Å²) in [6.07, 6.45) is 0.822. The third-order valence-corrected chi connectivity index (χ3v) is 7.43. The molecule has 1 aliphatic rings. The largest absolute Gasteiger partial charge is 0.396 e. The second-order valence-electron chi connectivity index (χ2n) is 9.73. The van der Waals surface area contributed by atoms with Gasteiger partial charge in [0, 0.05) is 49.0 Å². The molecule has 1 heterocycles. The summed E-state index contributed by atoms with van der Waals surface area (Å²) in [7, 11) is 0. The Balaban J connectivity index is 1.39. The number of nitrogens with two attached hydrogens (primary N) is 1. The molecule has 4 N–H and O–H groups in total. The first-order valence-corrected chi connectivity index (χ1v) is 13.2. The molecule has 1 fully saturated rings. The zero-order valence-electron chi connectivity index (χ0n) is 20.7. The molecule has 1 aliphatic heterocycles. The molecule has 6 nitrogen and oxygen atoms in total. The third-order valence-electron chi connectivity index (χ3n) is 6.85. The van der Waals surface area contributed by atoms with Crippen LogP contribution < -0.4 is 11.1 Å². The molecule has 0 bridgehead atoms. The number of nitrogens with one attached hydrogen (secondary N) is 1. The van der Waals surface area contributed by atoms with E-state index in [2.05, 4.69) is 5.32 Å². The van der Waals surface area contributed by atoms with Gasteiger partial charge in [0.1, 0.15) is 5.82 Å². The van der Waals surface area contributed by atoms with E-state index in [1.54, 1.807) is 41.3 Å². The summed E-state index contributed by atoms with van der Waals surface area (Å²) < 4.78 is 13.1. The van der Waals surface area contributed by atoms with Crippen molar-refractivity contribution >= 4 is 40.7 Å². The van der Waals surface area contributed by atoms with Gasteiger partial charge in [0.2, 0.25) is 11.8 Å². The lowest BCUT2D eigenvalue weighted by Gasteiger charge is -2.20. The summed E-state index contributed by atoms with van der Waals surface area (Å²) in [5.41, 5.74) is 9.27. The van der Waals surface area contributed by atoms with E-state index in [4.69, 9.17) is 28.9 Å². The van der Waals surface area contributed by atoms with Gasteiger partial charge in [-0.2, -0.15) is 0 Å². The van der Waals surface area contributed by atoms with E-state index in [1.165, 1.54) is 12.1 Å². The van der Waals surface area contributed by atoms with Crippen molar-refractivity contribution in [2.24, 2.45) is 11.7 Å². The molecule has 3 atom stereocenters. The van der Waals surface area contributed by atoms with Gasteiger partial charge in [-0.25, -0.2) is 4.39 Å². The summed E-state index contributed by atoms with van der Waals surface area (Å²) >= 11 is 12.3. The highest BCUT2D eigenvalue weighted by Gasteiger charge is 2.36. The maximum absolute atomic E-state index is 13.1. The van der Waals surface area contributed by atoms with Crippen LogP contribution in [0.5, 0.6) is 0 Å². The second kappa shape index (κ2) is 12.7. The molecule has 0 radical (unpaired) electrons. The lowest BCUT2D eigenvalue weighted by Crippen LogP contribution is -2.35. The van der Waals surface area contributed by atoms with Crippen molar-refractivity contribution in [3.8, 4) is 0 Å². The first-order valence-electron chi connectivity index (χ1n) is 12.4. The number of hydrogen-bond acceptors (Lipinski definition) is 4. The van der Waals surface area contributed by atoms with Crippen LogP contribution in [0.1, 0.15) is 29.0 Å². The van der Waals surface area contributed by atoms with E-state index >= 15 is 0 Å². The van der Waals surface area contributed by atoms with Crippen molar-refractivity contribution in [2.45, 2.75) is 31.2 Å². The number of halogens is 3. The highest BCUT2D eigenvalue weighted by atomic mass is 35.5. The van der Waals surface area contributed by atoms with E-state index in [1.807, 2.05) is 18.2 Å². The number of anilines is 1. The van der Waals surface area contributed by atoms with Crippen LogP contribution in [0, 0.1) is 11.7 Å². The predicted molar refractivity (Wildman–Crippen MR) is 148 cm³/mol. The average molecular weight is 558 g/mol. The molecule has 0 spiro atoms. The SMILES string of the molecule is N[C@@H](CC(=O)N1C[C@H](CO)[C@@H](c2ccc(Cl)c(NC(=O)Cc3ccc(F)cc3)c2)C1)Cc1ccc(Cl)cc1. The molecule has 0 aliphatic carbocycles. The summed E-state index contributed by atoms with van der Waals surface area (Å²) in [4.78, 5) is 27.4. The molecule has 1 saturated heterocycles. The molecule has 38 heavy (non-hydrogen) atoms. The molecule has 0 saturated carbocycles. The first kappa shape index (κ1) is 28.0. The molecule has 3 aromatic rings. The van der Waals surface area contributed by atoms with Crippen LogP contribution in [0.3, 0.4) is 0 Å². The summed E-state index contributed by atoms with van der Waals surface area (Å²) in [6, 6.07) is 18.1. The van der Waals surface area contributed by atoms with Crippen LogP contribution >= 0.6 is 23.2 Å². The highest BCUT2D eigenvalue weighted by Crippen LogP contribution is 2.36. The fourth-order valence-electron chi connectivity index (χ4n) is 4.84. The molecular weight excluding hydrogens is 528 g/mol. The fourth-order valence-corrected chi connectivity index (χ4v) is 5.13. The molecule has 200 valence electrons. The Kier molecular flexibility index (Phi) is 9.39. The van der Waals surface area contributed by atoms with E-state index < -0.39 is 0 Å². The van der Waals surface area contributed by atoms with Crippen LogP contribution in [0.2, 0.25) is 10.0 Å². The molecule has 0 unspecified atom stereocenters. The lowest BCUT2D eigenvalue weighted by molar-refractivity contribution is -0.130. The predicted octanol–water partition coefficient (Wildman–Crippen LogP) is 4.81. The first-order chi connectivity index (χ1) is 18.2. The molecule has 2 amide bonds. The number of carbonyl (C=O) groups is 2. The van der Waals surface area contributed by atoms with Crippen LogP contribution in [-0.4, -0.2) is 47.6 Å². The van der Waals surface area contributed by atoms with Gasteiger partial charge in [0.25, 0.3) is 0 Å². The fraction of sp³-hybridized carbons (Fsp3) is 0.310. The van der Waals surface area contributed by atoms with E-state index in [0.29, 0.717) is 40.8 Å². The lowest BCUT2D eigenvalue weighted by atomic mass is 9.89. The Morgan fingerprint density at radius 2 is 1.71 bits per heavy atom. The van der Waals surface area contributed by atoms with Crippen molar-refractivity contribution in [3.05, 3.63) is 99.3 Å². The Morgan fingerprint density at radius 1 is 1.03 bits per heavy atom. The van der Waals surface area contributed by atoms with Gasteiger partial charge in [0.05, 0.1) is 17.1 Å². The third kappa shape index (κ3) is 7.32. The van der Waals surface area contributed by atoms with Gasteiger partial charge in [-0.1, -0.05) is 53.5 Å². The second-order valence-corrected chi connectivity index (χ2v) is 10.6. The Labute approximate surface area is 231 Å². The van der Waals surface area contributed by atoms with Gasteiger partial charge in [-0.15, -0.1) is 0 Å². The summed E-state index contributed by atoms with van der Waals surface area (Å²) in [6.45, 7) is 0.769. The van der Waals surface area contributed by atoms with Gasteiger partial charge in [0.15, 0.2) is 0 Å². The van der Waals surface area contributed by atoms with Crippen LogP contribution in [0.25, 0.3) is 0 Å². The van der Waals surface area contributed by atoms with E-state index in [9.17, 15) is 19.1 Å². The zero-order chi connectivity index (χ0) is 27.2. The van der Waals surface area contributed by atoms with Crippen LogP contribution in [-0.2, 0) is 22.4 Å².